The molecule has 0 saturated carbocycles. The fraction of sp³-hybridized carbons (Fsp3) is 0.286. The van der Waals surface area contributed by atoms with E-state index in [1.165, 1.54) is 6.08 Å². The summed E-state index contributed by atoms with van der Waals surface area (Å²) >= 11 is 0. The predicted molar refractivity (Wildman–Crippen MR) is 75.1 cm³/mol. The molecule has 1 aromatic carbocycles. The summed E-state index contributed by atoms with van der Waals surface area (Å²) < 4.78 is 0. The highest BCUT2D eigenvalue weighted by molar-refractivity contribution is 5.90. The van der Waals surface area contributed by atoms with Crippen molar-refractivity contribution in [2.45, 2.75) is 26.8 Å². The maximum absolute atomic E-state index is 11.6. The Balaban J connectivity index is 2.84. The normalized spacial score (nSPS) is 10.7. The van der Waals surface area contributed by atoms with E-state index in [4.69, 9.17) is 5.11 Å². The molecular weight excluding hydrogens is 244 g/mol. The standard InChI is InChI=1S/C14H18N2O3/c1-9(2)15-14(19)16-12-6-4-10(3)11(8-12)5-7-13(17)18/h4-9H,1-3H3,(H,17,18)(H2,15,16,19). The van der Waals surface area contributed by atoms with Gasteiger partial charge in [-0.1, -0.05) is 6.07 Å². The van der Waals surface area contributed by atoms with Crippen molar-refractivity contribution in [2.75, 3.05) is 5.32 Å². The van der Waals surface area contributed by atoms with Crippen LogP contribution < -0.4 is 10.6 Å². The lowest BCUT2D eigenvalue weighted by Crippen LogP contribution is -2.34. The Morgan fingerprint density at radius 3 is 2.58 bits per heavy atom. The molecule has 1 rings (SSSR count). The fourth-order valence-corrected chi connectivity index (χ4v) is 1.49. The molecule has 0 unspecified atom stereocenters. The maximum atomic E-state index is 11.6. The molecule has 0 heterocycles. The van der Waals surface area contributed by atoms with E-state index in [-0.39, 0.29) is 12.1 Å². The second-order valence-electron chi connectivity index (χ2n) is 4.50. The minimum atomic E-state index is -1.00. The largest absolute Gasteiger partial charge is 0.478 e. The van der Waals surface area contributed by atoms with Crippen molar-refractivity contribution < 1.29 is 14.7 Å². The number of carboxylic acid groups (broad SMARTS) is 1. The molecule has 0 aliphatic rings. The van der Waals surface area contributed by atoms with Crippen LogP contribution in [0.1, 0.15) is 25.0 Å². The molecule has 1 aromatic rings. The number of carboxylic acids is 1. The van der Waals surface area contributed by atoms with Crippen molar-refractivity contribution in [1.29, 1.82) is 0 Å². The Labute approximate surface area is 112 Å². The first-order chi connectivity index (χ1) is 8.88. The number of benzene rings is 1. The molecule has 102 valence electrons. The van der Waals surface area contributed by atoms with E-state index in [9.17, 15) is 9.59 Å². The summed E-state index contributed by atoms with van der Waals surface area (Å²) in [5.74, 6) is -1.00. The van der Waals surface area contributed by atoms with Crippen molar-refractivity contribution in [3.63, 3.8) is 0 Å². The molecule has 0 spiro atoms. The van der Waals surface area contributed by atoms with Crippen molar-refractivity contribution in [3.8, 4) is 0 Å². The Kier molecular flexibility index (Phi) is 5.11. The minimum absolute atomic E-state index is 0.0526. The van der Waals surface area contributed by atoms with Gasteiger partial charge in [0.2, 0.25) is 0 Å². The molecule has 3 N–H and O–H groups in total. The van der Waals surface area contributed by atoms with Crippen LogP contribution in [0.25, 0.3) is 6.08 Å². The summed E-state index contributed by atoms with van der Waals surface area (Å²) in [5, 5.41) is 14.0. The number of rotatable bonds is 4. The third-order valence-electron chi connectivity index (χ3n) is 2.36. The number of urea groups is 1. The summed E-state index contributed by atoms with van der Waals surface area (Å²) in [5.41, 5.74) is 2.31. The highest BCUT2D eigenvalue weighted by Crippen LogP contribution is 2.16. The van der Waals surface area contributed by atoms with Gasteiger partial charge in [0.15, 0.2) is 0 Å². The van der Waals surface area contributed by atoms with Crippen LogP contribution in [-0.2, 0) is 4.79 Å². The number of carbonyl (C=O) groups excluding carboxylic acids is 1. The molecule has 19 heavy (non-hydrogen) atoms. The molecule has 5 nitrogen and oxygen atoms in total. The van der Waals surface area contributed by atoms with Crippen molar-refractivity contribution in [3.05, 3.63) is 35.4 Å². The zero-order valence-corrected chi connectivity index (χ0v) is 11.2. The van der Waals surface area contributed by atoms with Gasteiger partial charge in [-0.15, -0.1) is 0 Å². The highest BCUT2D eigenvalue weighted by atomic mass is 16.4. The molecule has 0 bridgehead atoms. The topological polar surface area (TPSA) is 78.4 Å². The van der Waals surface area contributed by atoms with Gasteiger partial charge in [0.25, 0.3) is 0 Å². The number of amides is 2. The third-order valence-corrected chi connectivity index (χ3v) is 2.36. The Morgan fingerprint density at radius 2 is 2.00 bits per heavy atom. The van der Waals surface area contributed by atoms with E-state index in [1.54, 1.807) is 12.1 Å². The van der Waals surface area contributed by atoms with Crippen LogP contribution in [0.3, 0.4) is 0 Å². The Hall–Kier alpha value is -2.30. The van der Waals surface area contributed by atoms with E-state index in [0.717, 1.165) is 17.2 Å². The van der Waals surface area contributed by atoms with Crippen LogP contribution in [0.5, 0.6) is 0 Å². The number of hydrogen-bond donors (Lipinski definition) is 3. The van der Waals surface area contributed by atoms with E-state index in [0.29, 0.717) is 5.69 Å². The average molecular weight is 262 g/mol. The lowest BCUT2D eigenvalue weighted by Gasteiger charge is -2.11. The third kappa shape index (κ3) is 5.25. The number of carbonyl (C=O) groups is 2. The molecule has 5 heteroatoms. The van der Waals surface area contributed by atoms with Gasteiger partial charge in [0.1, 0.15) is 0 Å². The summed E-state index contributed by atoms with van der Waals surface area (Å²) in [6.07, 6.45) is 2.57. The first-order valence-electron chi connectivity index (χ1n) is 5.97. The first-order valence-corrected chi connectivity index (χ1v) is 5.97. The first kappa shape index (κ1) is 14.8. The van der Waals surface area contributed by atoms with Gasteiger partial charge < -0.3 is 15.7 Å². The molecule has 0 saturated heterocycles. The fourth-order valence-electron chi connectivity index (χ4n) is 1.49. The van der Waals surface area contributed by atoms with Crippen LogP contribution >= 0.6 is 0 Å². The van der Waals surface area contributed by atoms with Crippen molar-refractivity contribution in [1.82, 2.24) is 5.32 Å². The smallest absolute Gasteiger partial charge is 0.328 e. The van der Waals surface area contributed by atoms with Crippen LogP contribution in [0, 0.1) is 6.92 Å². The van der Waals surface area contributed by atoms with Gasteiger partial charge in [-0.25, -0.2) is 9.59 Å². The molecule has 2 amide bonds. The van der Waals surface area contributed by atoms with Gasteiger partial charge in [0.05, 0.1) is 0 Å². The van der Waals surface area contributed by atoms with Crippen molar-refractivity contribution in [2.24, 2.45) is 0 Å². The van der Waals surface area contributed by atoms with E-state index < -0.39 is 5.97 Å². The molecular formula is C14H18N2O3. The average Bonchev–Trinajstić information content (AvgIpc) is 2.28. The number of aryl methyl sites for hydroxylation is 1. The monoisotopic (exact) mass is 262 g/mol. The zero-order chi connectivity index (χ0) is 14.4. The Morgan fingerprint density at radius 1 is 1.32 bits per heavy atom. The van der Waals surface area contributed by atoms with Crippen LogP contribution in [-0.4, -0.2) is 23.1 Å². The highest BCUT2D eigenvalue weighted by Gasteiger charge is 2.04. The molecule has 0 radical (unpaired) electrons. The number of aliphatic carboxylic acids is 1. The molecule has 0 atom stereocenters. The number of nitrogens with one attached hydrogen (secondary N) is 2. The van der Waals surface area contributed by atoms with Crippen LogP contribution in [0.4, 0.5) is 10.5 Å². The summed E-state index contributed by atoms with van der Waals surface area (Å²) in [6, 6.07) is 5.10. The van der Waals surface area contributed by atoms with Gasteiger partial charge in [-0.3, -0.25) is 0 Å². The summed E-state index contributed by atoms with van der Waals surface area (Å²) in [4.78, 5) is 22.1. The van der Waals surface area contributed by atoms with Gasteiger partial charge in [0, 0.05) is 17.8 Å². The molecule has 0 fully saturated rings. The van der Waals surface area contributed by atoms with Crippen LogP contribution in [0.2, 0.25) is 0 Å². The Bertz CT molecular complexity index is 507. The number of hydrogen-bond acceptors (Lipinski definition) is 2. The number of anilines is 1. The second-order valence-corrected chi connectivity index (χ2v) is 4.50. The molecule has 0 aromatic heterocycles. The summed E-state index contributed by atoms with van der Waals surface area (Å²) in [6.45, 7) is 5.62. The molecule has 0 aliphatic heterocycles. The zero-order valence-electron chi connectivity index (χ0n) is 11.2. The van der Waals surface area contributed by atoms with Gasteiger partial charge in [-0.2, -0.15) is 0 Å². The van der Waals surface area contributed by atoms with Crippen molar-refractivity contribution >= 4 is 23.8 Å². The predicted octanol–water partition coefficient (Wildman–Crippen LogP) is 2.62. The SMILES string of the molecule is Cc1ccc(NC(=O)NC(C)C)cc1C=CC(=O)O. The quantitative estimate of drug-likeness (QED) is 0.730. The second kappa shape index (κ2) is 6.58. The van der Waals surface area contributed by atoms with E-state index in [2.05, 4.69) is 10.6 Å². The lowest BCUT2D eigenvalue weighted by molar-refractivity contribution is -0.131. The summed E-state index contributed by atoms with van der Waals surface area (Å²) in [7, 11) is 0. The van der Waals surface area contributed by atoms with E-state index in [1.807, 2.05) is 26.8 Å². The minimum Gasteiger partial charge on any atom is -0.478 e. The van der Waals surface area contributed by atoms with Crippen LogP contribution in [0.15, 0.2) is 24.3 Å². The van der Waals surface area contributed by atoms with Gasteiger partial charge in [-0.05, 0) is 50.1 Å². The van der Waals surface area contributed by atoms with E-state index >= 15 is 0 Å². The maximum Gasteiger partial charge on any atom is 0.328 e. The molecule has 0 aliphatic carbocycles. The van der Waals surface area contributed by atoms with Gasteiger partial charge >= 0.3 is 12.0 Å². The lowest BCUT2D eigenvalue weighted by atomic mass is 10.1.